The van der Waals surface area contributed by atoms with Gasteiger partial charge in [0.25, 0.3) is 5.91 Å². The number of thiazole rings is 1. The summed E-state index contributed by atoms with van der Waals surface area (Å²) in [6.45, 7) is 7.08. The highest BCUT2D eigenvalue weighted by atomic mass is 32.1. The lowest BCUT2D eigenvalue weighted by atomic mass is 9.87. The largest absolute Gasteiger partial charge is 0.480 e. The van der Waals surface area contributed by atoms with Gasteiger partial charge >= 0.3 is 5.97 Å². The van der Waals surface area contributed by atoms with Gasteiger partial charge in [0.2, 0.25) is 0 Å². The normalized spacial score (nSPS) is 13.2. The van der Waals surface area contributed by atoms with Gasteiger partial charge in [0.05, 0.1) is 5.01 Å². The molecule has 1 rings (SSSR count). The third-order valence-corrected chi connectivity index (χ3v) is 3.01. The molecule has 1 amide bonds. The molecule has 0 saturated heterocycles. The number of hydrogen-bond donors (Lipinski definition) is 2. The van der Waals surface area contributed by atoms with E-state index in [1.165, 1.54) is 11.3 Å². The minimum absolute atomic E-state index is 0.267. The van der Waals surface area contributed by atoms with Crippen molar-refractivity contribution in [1.29, 1.82) is 0 Å². The second-order valence-corrected chi connectivity index (χ2v) is 5.92. The molecule has 0 aliphatic carbocycles. The molecule has 1 heterocycles. The molecule has 2 N–H and O–H groups in total. The molecular formula is C11H16N2O3S. The summed E-state index contributed by atoms with van der Waals surface area (Å²) in [7, 11) is 0. The summed E-state index contributed by atoms with van der Waals surface area (Å²) in [6, 6.07) is -0.933. The number of rotatable bonds is 3. The van der Waals surface area contributed by atoms with Crippen LogP contribution in [0.5, 0.6) is 0 Å². The first kappa shape index (κ1) is 13.6. The third-order valence-electron chi connectivity index (χ3n) is 2.24. The van der Waals surface area contributed by atoms with Gasteiger partial charge in [-0.2, -0.15) is 0 Å². The van der Waals surface area contributed by atoms with Crippen LogP contribution < -0.4 is 5.32 Å². The second kappa shape index (κ2) is 4.83. The molecule has 0 saturated carbocycles. The smallest absolute Gasteiger partial charge is 0.326 e. The van der Waals surface area contributed by atoms with Crippen LogP contribution in [0.15, 0.2) is 5.38 Å². The highest BCUT2D eigenvalue weighted by molar-refractivity contribution is 7.09. The number of carbonyl (C=O) groups excluding carboxylic acids is 1. The van der Waals surface area contributed by atoms with Gasteiger partial charge in [0.1, 0.15) is 11.7 Å². The summed E-state index contributed by atoms with van der Waals surface area (Å²) < 4.78 is 0. The van der Waals surface area contributed by atoms with Crippen molar-refractivity contribution in [3.05, 3.63) is 16.1 Å². The molecule has 0 aromatic carbocycles. The van der Waals surface area contributed by atoms with Crippen LogP contribution in [0, 0.1) is 12.3 Å². The van der Waals surface area contributed by atoms with Crippen molar-refractivity contribution in [3.8, 4) is 0 Å². The maximum Gasteiger partial charge on any atom is 0.326 e. The molecule has 5 nitrogen and oxygen atoms in total. The van der Waals surface area contributed by atoms with Crippen LogP contribution in [0.1, 0.15) is 36.3 Å². The fourth-order valence-corrected chi connectivity index (χ4v) is 1.91. The summed E-state index contributed by atoms with van der Waals surface area (Å²) >= 11 is 1.36. The molecule has 94 valence electrons. The number of carboxylic acid groups (broad SMARTS) is 1. The van der Waals surface area contributed by atoms with Crippen LogP contribution in [0.3, 0.4) is 0 Å². The molecule has 1 unspecified atom stereocenters. The first-order valence-corrected chi connectivity index (χ1v) is 6.05. The number of nitrogens with zero attached hydrogens (tertiary/aromatic N) is 1. The predicted octanol–water partition coefficient (Wildman–Crippen LogP) is 1.68. The lowest BCUT2D eigenvalue weighted by Gasteiger charge is -2.27. The van der Waals surface area contributed by atoms with Crippen LogP contribution in [0.4, 0.5) is 0 Å². The van der Waals surface area contributed by atoms with Gasteiger partial charge in [-0.3, -0.25) is 4.79 Å². The van der Waals surface area contributed by atoms with Crippen LogP contribution in [-0.4, -0.2) is 28.0 Å². The number of nitrogens with one attached hydrogen (secondary N) is 1. The Morgan fingerprint density at radius 3 is 2.41 bits per heavy atom. The molecule has 0 bridgehead atoms. The zero-order valence-electron chi connectivity index (χ0n) is 10.3. The Kier molecular flexibility index (Phi) is 3.87. The van der Waals surface area contributed by atoms with E-state index in [0.29, 0.717) is 0 Å². The molecule has 0 aliphatic heterocycles. The minimum Gasteiger partial charge on any atom is -0.480 e. The number of hydrogen-bond acceptors (Lipinski definition) is 4. The summed E-state index contributed by atoms with van der Waals surface area (Å²) in [6.07, 6.45) is 0. The van der Waals surface area contributed by atoms with Crippen molar-refractivity contribution in [3.63, 3.8) is 0 Å². The Bertz CT molecular complexity index is 434. The summed E-state index contributed by atoms with van der Waals surface area (Å²) in [5.74, 6) is -1.49. The third kappa shape index (κ3) is 3.52. The van der Waals surface area contributed by atoms with Crippen molar-refractivity contribution < 1.29 is 14.7 Å². The summed E-state index contributed by atoms with van der Waals surface area (Å²) in [4.78, 5) is 26.9. The van der Waals surface area contributed by atoms with Gasteiger partial charge < -0.3 is 10.4 Å². The monoisotopic (exact) mass is 256 g/mol. The van der Waals surface area contributed by atoms with Crippen molar-refractivity contribution >= 4 is 23.2 Å². The van der Waals surface area contributed by atoms with Crippen LogP contribution >= 0.6 is 11.3 Å². The van der Waals surface area contributed by atoms with Crippen molar-refractivity contribution in [2.45, 2.75) is 33.7 Å². The lowest BCUT2D eigenvalue weighted by Crippen LogP contribution is -2.49. The highest BCUT2D eigenvalue weighted by Crippen LogP contribution is 2.20. The van der Waals surface area contributed by atoms with Crippen molar-refractivity contribution in [1.82, 2.24) is 10.3 Å². The summed E-state index contributed by atoms with van der Waals surface area (Å²) in [5.41, 5.74) is -0.282. The van der Waals surface area contributed by atoms with E-state index < -0.39 is 23.3 Å². The average molecular weight is 256 g/mol. The standard InChI is InChI=1S/C11H16N2O3S/c1-6-12-7(5-17-6)9(14)13-8(10(15)16)11(2,3)4/h5,8H,1-4H3,(H,13,14)(H,15,16). The molecule has 6 heteroatoms. The average Bonchev–Trinajstić information content (AvgIpc) is 2.58. The van der Waals surface area contributed by atoms with Gasteiger partial charge in [0, 0.05) is 5.38 Å². The number of aromatic nitrogens is 1. The van der Waals surface area contributed by atoms with Gasteiger partial charge in [-0.15, -0.1) is 11.3 Å². The molecule has 1 atom stereocenters. The zero-order chi connectivity index (χ0) is 13.2. The number of carboxylic acids is 1. The van der Waals surface area contributed by atoms with E-state index in [1.807, 2.05) is 0 Å². The fraction of sp³-hybridized carbons (Fsp3) is 0.545. The number of aryl methyl sites for hydroxylation is 1. The summed E-state index contributed by atoms with van der Waals surface area (Å²) in [5, 5.41) is 14.0. The Hall–Kier alpha value is -1.43. The fourth-order valence-electron chi connectivity index (χ4n) is 1.32. The second-order valence-electron chi connectivity index (χ2n) is 4.86. The molecule has 17 heavy (non-hydrogen) atoms. The van der Waals surface area contributed by atoms with Gasteiger partial charge in [-0.05, 0) is 12.3 Å². The Morgan fingerprint density at radius 1 is 1.47 bits per heavy atom. The van der Waals surface area contributed by atoms with Gasteiger partial charge in [0.15, 0.2) is 0 Å². The number of carbonyl (C=O) groups is 2. The van der Waals surface area contributed by atoms with Crippen molar-refractivity contribution in [2.75, 3.05) is 0 Å². The van der Waals surface area contributed by atoms with Crippen LogP contribution in [0.25, 0.3) is 0 Å². The SMILES string of the molecule is Cc1nc(C(=O)NC(C(=O)O)C(C)(C)C)cs1. The first-order valence-electron chi connectivity index (χ1n) is 5.17. The molecular weight excluding hydrogens is 240 g/mol. The lowest BCUT2D eigenvalue weighted by molar-refractivity contribution is -0.142. The van der Waals surface area contributed by atoms with E-state index in [-0.39, 0.29) is 5.69 Å². The highest BCUT2D eigenvalue weighted by Gasteiger charge is 2.33. The maximum absolute atomic E-state index is 11.8. The molecule has 1 aromatic heterocycles. The zero-order valence-corrected chi connectivity index (χ0v) is 11.1. The molecule has 0 fully saturated rings. The number of amides is 1. The number of aliphatic carboxylic acids is 1. The molecule has 1 aromatic rings. The topological polar surface area (TPSA) is 79.3 Å². The Morgan fingerprint density at radius 2 is 2.06 bits per heavy atom. The first-order chi connectivity index (χ1) is 7.71. The van der Waals surface area contributed by atoms with E-state index in [0.717, 1.165) is 5.01 Å². The molecule has 0 aliphatic rings. The van der Waals surface area contributed by atoms with Crippen LogP contribution in [0.2, 0.25) is 0 Å². The van der Waals surface area contributed by atoms with Crippen LogP contribution in [-0.2, 0) is 4.79 Å². The van der Waals surface area contributed by atoms with E-state index in [4.69, 9.17) is 5.11 Å². The molecule has 0 radical (unpaired) electrons. The molecule has 0 spiro atoms. The van der Waals surface area contributed by atoms with E-state index in [9.17, 15) is 9.59 Å². The van der Waals surface area contributed by atoms with Gasteiger partial charge in [-0.1, -0.05) is 20.8 Å². The quantitative estimate of drug-likeness (QED) is 0.862. The van der Waals surface area contributed by atoms with E-state index >= 15 is 0 Å². The maximum atomic E-state index is 11.8. The van der Waals surface area contributed by atoms with E-state index in [1.54, 1.807) is 33.1 Å². The predicted molar refractivity (Wildman–Crippen MR) is 65.2 cm³/mol. The van der Waals surface area contributed by atoms with E-state index in [2.05, 4.69) is 10.3 Å². The Labute approximate surface area is 104 Å². The van der Waals surface area contributed by atoms with Crippen molar-refractivity contribution in [2.24, 2.45) is 5.41 Å². The van der Waals surface area contributed by atoms with Gasteiger partial charge in [-0.25, -0.2) is 9.78 Å². The minimum atomic E-state index is -1.04. The Balaban J connectivity index is 2.82.